The van der Waals surface area contributed by atoms with Gasteiger partial charge in [0.15, 0.2) is 0 Å². The standard InChI is InChI=1S/C25H22Cl2N2O4S/c1-16-8-11-20(12-9-16)28-24(30)15-22(25(28)31)29(17(2)18-6-4-3-5-7-18)34(32,33)23-14-19(26)10-13-21(23)27/h3-14,17,22H,15H2,1-2H3. The molecule has 2 unspecified atom stereocenters. The number of hydrogen-bond acceptors (Lipinski definition) is 4. The van der Waals surface area contributed by atoms with Crippen LogP contribution >= 0.6 is 23.2 Å². The summed E-state index contributed by atoms with van der Waals surface area (Å²) in [5.41, 5.74) is 2.03. The number of imide groups is 1. The lowest BCUT2D eigenvalue weighted by molar-refractivity contribution is -0.122. The van der Waals surface area contributed by atoms with Crippen molar-refractivity contribution in [2.24, 2.45) is 0 Å². The van der Waals surface area contributed by atoms with Gasteiger partial charge in [-0.1, -0.05) is 71.2 Å². The molecule has 3 aromatic carbocycles. The average Bonchev–Trinajstić information content (AvgIpc) is 3.09. The fraction of sp³-hybridized carbons (Fsp3) is 0.200. The highest BCUT2D eigenvalue weighted by molar-refractivity contribution is 7.89. The molecule has 176 valence electrons. The van der Waals surface area contributed by atoms with Crippen molar-refractivity contribution in [1.82, 2.24) is 4.31 Å². The number of hydrogen-bond donors (Lipinski definition) is 0. The summed E-state index contributed by atoms with van der Waals surface area (Å²) in [6.07, 6.45) is -0.290. The maximum Gasteiger partial charge on any atom is 0.252 e. The van der Waals surface area contributed by atoms with Crippen LogP contribution in [0.15, 0.2) is 77.7 Å². The summed E-state index contributed by atoms with van der Waals surface area (Å²) in [7, 11) is -4.34. The van der Waals surface area contributed by atoms with E-state index in [9.17, 15) is 18.0 Å². The van der Waals surface area contributed by atoms with Crippen molar-refractivity contribution in [3.63, 3.8) is 0 Å². The Balaban J connectivity index is 1.83. The zero-order valence-corrected chi connectivity index (χ0v) is 20.8. The van der Waals surface area contributed by atoms with Crippen molar-refractivity contribution >= 4 is 50.7 Å². The lowest BCUT2D eigenvalue weighted by Gasteiger charge is -2.32. The molecule has 1 heterocycles. The van der Waals surface area contributed by atoms with Crippen LogP contribution in [0, 0.1) is 6.92 Å². The summed E-state index contributed by atoms with van der Waals surface area (Å²) in [5, 5.41) is 0.159. The zero-order chi connectivity index (χ0) is 24.6. The lowest BCUT2D eigenvalue weighted by Crippen LogP contribution is -2.46. The van der Waals surface area contributed by atoms with Crippen LogP contribution in [0.4, 0.5) is 5.69 Å². The first-order valence-corrected chi connectivity index (χ1v) is 12.8. The maximum atomic E-state index is 13.9. The van der Waals surface area contributed by atoms with E-state index in [1.165, 1.54) is 18.2 Å². The Morgan fingerprint density at radius 3 is 2.26 bits per heavy atom. The van der Waals surface area contributed by atoms with Crippen LogP contribution < -0.4 is 4.90 Å². The summed E-state index contributed by atoms with van der Waals surface area (Å²) >= 11 is 12.3. The van der Waals surface area contributed by atoms with Gasteiger partial charge in [0.1, 0.15) is 10.9 Å². The Labute approximate surface area is 208 Å². The van der Waals surface area contributed by atoms with Gasteiger partial charge in [-0.2, -0.15) is 4.31 Å². The highest BCUT2D eigenvalue weighted by atomic mass is 35.5. The normalized spacial score (nSPS) is 17.4. The minimum Gasteiger partial charge on any atom is -0.274 e. The molecule has 34 heavy (non-hydrogen) atoms. The van der Waals surface area contributed by atoms with Crippen LogP contribution in [0.3, 0.4) is 0 Å². The lowest BCUT2D eigenvalue weighted by atomic mass is 10.1. The second kappa shape index (κ2) is 9.50. The molecule has 1 fully saturated rings. The molecule has 6 nitrogen and oxygen atoms in total. The predicted molar refractivity (Wildman–Crippen MR) is 132 cm³/mol. The highest BCUT2D eigenvalue weighted by Gasteiger charge is 2.49. The number of amides is 2. The molecule has 0 spiro atoms. The Kier molecular flexibility index (Phi) is 6.82. The maximum absolute atomic E-state index is 13.9. The summed E-state index contributed by atoms with van der Waals surface area (Å²) < 4.78 is 29.0. The first-order chi connectivity index (χ1) is 16.1. The second-order valence-corrected chi connectivity index (χ2v) is 10.8. The van der Waals surface area contributed by atoms with Crippen LogP contribution in [0.1, 0.15) is 30.5 Å². The van der Waals surface area contributed by atoms with Crippen LogP contribution in [0.2, 0.25) is 10.0 Å². The van der Waals surface area contributed by atoms with Gasteiger partial charge in [0, 0.05) is 11.1 Å². The quantitative estimate of drug-likeness (QED) is 0.411. The molecule has 0 aliphatic carbocycles. The fourth-order valence-corrected chi connectivity index (χ4v) is 6.59. The number of aryl methyl sites for hydroxylation is 1. The van der Waals surface area contributed by atoms with E-state index in [-0.39, 0.29) is 21.4 Å². The average molecular weight is 517 g/mol. The predicted octanol–water partition coefficient (Wildman–Crippen LogP) is 5.39. The Bertz CT molecular complexity index is 1350. The van der Waals surface area contributed by atoms with Crippen molar-refractivity contribution in [3.05, 3.63) is 94.0 Å². The first-order valence-electron chi connectivity index (χ1n) is 10.6. The molecule has 9 heteroatoms. The van der Waals surface area contributed by atoms with Gasteiger partial charge in [0.05, 0.1) is 17.1 Å². The van der Waals surface area contributed by atoms with E-state index in [1.807, 2.05) is 13.0 Å². The molecule has 0 N–H and O–H groups in total. The Hall–Kier alpha value is -2.71. The van der Waals surface area contributed by atoms with Crippen LogP contribution in [0.25, 0.3) is 0 Å². The molecule has 3 aromatic rings. The summed E-state index contributed by atoms with van der Waals surface area (Å²) in [4.78, 5) is 27.3. The van der Waals surface area contributed by atoms with Gasteiger partial charge in [-0.15, -0.1) is 0 Å². The van der Waals surface area contributed by atoms with Crippen LogP contribution in [-0.4, -0.2) is 30.6 Å². The number of carbonyl (C=O) groups excluding carboxylic acids is 2. The molecule has 0 radical (unpaired) electrons. The van der Waals surface area contributed by atoms with Gasteiger partial charge in [0.25, 0.3) is 5.91 Å². The smallest absolute Gasteiger partial charge is 0.252 e. The molecule has 1 aliphatic heterocycles. The molecule has 0 bridgehead atoms. The summed E-state index contributed by atoms with van der Waals surface area (Å²) in [5.74, 6) is -1.09. The molecule has 4 rings (SSSR count). The Morgan fingerprint density at radius 1 is 0.971 bits per heavy atom. The molecular formula is C25H22Cl2N2O4S. The van der Waals surface area contributed by atoms with Crippen molar-refractivity contribution in [2.75, 3.05) is 4.90 Å². The van der Waals surface area contributed by atoms with E-state index in [1.54, 1.807) is 55.5 Å². The number of sulfonamides is 1. The van der Waals surface area contributed by atoms with E-state index in [2.05, 4.69) is 0 Å². The highest BCUT2D eigenvalue weighted by Crippen LogP contribution is 2.38. The van der Waals surface area contributed by atoms with Crippen molar-refractivity contribution in [3.8, 4) is 0 Å². The number of rotatable bonds is 6. The number of anilines is 1. The minimum atomic E-state index is -4.34. The molecule has 2 atom stereocenters. The SMILES string of the molecule is Cc1ccc(N2C(=O)CC(N(C(C)c3ccccc3)S(=O)(=O)c3cc(Cl)ccc3Cl)C2=O)cc1. The largest absolute Gasteiger partial charge is 0.274 e. The number of carbonyl (C=O) groups is 2. The van der Waals surface area contributed by atoms with Crippen molar-refractivity contribution in [2.45, 2.75) is 37.2 Å². The third-order valence-corrected chi connectivity index (χ3v) is 8.53. The molecular weight excluding hydrogens is 495 g/mol. The molecule has 0 aromatic heterocycles. The van der Waals surface area contributed by atoms with Crippen LogP contribution in [-0.2, 0) is 19.6 Å². The molecule has 1 saturated heterocycles. The van der Waals surface area contributed by atoms with Crippen molar-refractivity contribution in [1.29, 1.82) is 0 Å². The third-order valence-electron chi connectivity index (χ3n) is 5.83. The first kappa shape index (κ1) is 24.4. The Morgan fingerprint density at radius 2 is 1.62 bits per heavy atom. The number of benzene rings is 3. The minimum absolute atomic E-state index is 0.0261. The van der Waals surface area contributed by atoms with E-state index in [0.29, 0.717) is 11.3 Å². The molecule has 1 aliphatic rings. The molecule has 2 amide bonds. The molecule has 0 saturated carbocycles. The fourth-order valence-electron chi connectivity index (χ4n) is 4.09. The van der Waals surface area contributed by atoms with E-state index < -0.39 is 33.9 Å². The van der Waals surface area contributed by atoms with E-state index in [0.717, 1.165) is 14.8 Å². The summed E-state index contributed by atoms with van der Waals surface area (Å²) in [6, 6.07) is 17.9. The van der Waals surface area contributed by atoms with Gasteiger partial charge in [-0.3, -0.25) is 9.59 Å². The zero-order valence-electron chi connectivity index (χ0n) is 18.5. The van der Waals surface area contributed by atoms with Crippen LogP contribution in [0.5, 0.6) is 0 Å². The monoisotopic (exact) mass is 516 g/mol. The van der Waals surface area contributed by atoms with Gasteiger partial charge in [0.2, 0.25) is 15.9 Å². The topological polar surface area (TPSA) is 74.8 Å². The van der Waals surface area contributed by atoms with Crippen molar-refractivity contribution < 1.29 is 18.0 Å². The van der Waals surface area contributed by atoms with Gasteiger partial charge in [-0.05, 0) is 49.7 Å². The van der Waals surface area contributed by atoms with Gasteiger partial charge in [-0.25, -0.2) is 13.3 Å². The number of halogens is 2. The second-order valence-electron chi connectivity index (χ2n) is 8.12. The number of nitrogens with zero attached hydrogens (tertiary/aromatic N) is 2. The van der Waals surface area contributed by atoms with Gasteiger partial charge >= 0.3 is 0 Å². The summed E-state index contributed by atoms with van der Waals surface area (Å²) in [6.45, 7) is 3.57. The van der Waals surface area contributed by atoms with E-state index in [4.69, 9.17) is 23.2 Å². The van der Waals surface area contributed by atoms with E-state index >= 15 is 0 Å². The third kappa shape index (κ3) is 4.49. The van der Waals surface area contributed by atoms with Gasteiger partial charge < -0.3 is 0 Å².